The number of amides is 1. The van der Waals surface area contributed by atoms with Crippen molar-refractivity contribution in [2.45, 2.75) is 26.7 Å². The van der Waals surface area contributed by atoms with Crippen LogP contribution < -0.4 is 4.90 Å². The number of aromatic nitrogens is 2. The molecule has 0 bridgehead atoms. The van der Waals surface area contributed by atoms with Gasteiger partial charge in [0.15, 0.2) is 5.17 Å². The number of hydrogen-bond acceptors (Lipinski definition) is 6. The lowest BCUT2D eigenvalue weighted by atomic mass is 10.0. The molecule has 0 atom stereocenters. The van der Waals surface area contributed by atoms with E-state index >= 15 is 0 Å². The molecule has 2 aromatic carbocycles. The van der Waals surface area contributed by atoms with Gasteiger partial charge in [-0.25, -0.2) is 0 Å². The Bertz CT molecular complexity index is 1090. The van der Waals surface area contributed by atoms with Crippen molar-refractivity contribution in [2.24, 2.45) is 4.99 Å². The van der Waals surface area contributed by atoms with Gasteiger partial charge in [-0.05, 0) is 53.9 Å². The Morgan fingerprint density at radius 1 is 1.03 bits per heavy atom. The highest BCUT2D eigenvalue weighted by atomic mass is 32.2. The summed E-state index contributed by atoms with van der Waals surface area (Å²) in [6, 6.07) is 17.9. The van der Waals surface area contributed by atoms with Crippen molar-refractivity contribution in [3.05, 3.63) is 75.6 Å². The SMILES string of the molecule is Cc1nnc(/N=C2/S/C(=C\c3ccc(C(C)C)cc3)C(=O)N2c2ccccc2)s1. The van der Waals surface area contributed by atoms with E-state index in [1.54, 1.807) is 4.90 Å². The predicted octanol–water partition coefficient (Wildman–Crippen LogP) is 5.78. The van der Waals surface area contributed by atoms with E-state index < -0.39 is 0 Å². The Hall–Kier alpha value is -2.77. The lowest BCUT2D eigenvalue weighted by molar-refractivity contribution is -0.113. The fourth-order valence-corrected chi connectivity index (χ4v) is 4.49. The number of carbonyl (C=O) groups is 1. The minimum Gasteiger partial charge on any atom is -0.268 e. The number of para-hydroxylation sites is 1. The van der Waals surface area contributed by atoms with Gasteiger partial charge in [0.05, 0.1) is 10.6 Å². The van der Waals surface area contributed by atoms with Gasteiger partial charge >= 0.3 is 0 Å². The molecule has 1 fully saturated rings. The third-order valence-electron chi connectivity index (χ3n) is 4.43. The number of thioether (sulfide) groups is 1. The zero-order valence-electron chi connectivity index (χ0n) is 16.4. The van der Waals surface area contributed by atoms with Crippen molar-refractivity contribution >= 4 is 51.1 Å². The van der Waals surface area contributed by atoms with Crippen LogP contribution in [0.3, 0.4) is 0 Å². The standard InChI is InChI=1S/C22H20N4OS2/c1-14(2)17-11-9-16(10-12-17)13-19-20(27)26(18-7-5-4-6-8-18)22(29-19)23-21-25-24-15(3)28-21/h4-14H,1-3H3/b19-13-,23-22+. The molecule has 5 nitrogen and oxygen atoms in total. The first-order valence-corrected chi connectivity index (χ1v) is 10.9. The third-order valence-corrected chi connectivity index (χ3v) is 6.13. The number of benzene rings is 2. The van der Waals surface area contributed by atoms with Crippen molar-refractivity contribution in [3.63, 3.8) is 0 Å². The van der Waals surface area contributed by atoms with E-state index in [1.807, 2.05) is 55.5 Å². The summed E-state index contributed by atoms with van der Waals surface area (Å²) in [6.07, 6.45) is 1.92. The molecule has 3 aromatic rings. The largest absolute Gasteiger partial charge is 0.271 e. The topological polar surface area (TPSA) is 58.5 Å². The van der Waals surface area contributed by atoms with E-state index in [9.17, 15) is 4.79 Å². The van der Waals surface area contributed by atoms with Gasteiger partial charge in [-0.15, -0.1) is 10.2 Å². The van der Waals surface area contributed by atoms with Gasteiger partial charge in [0, 0.05) is 0 Å². The van der Waals surface area contributed by atoms with Crippen molar-refractivity contribution in [3.8, 4) is 0 Å². The first-order valence-electron chi connectivity index (χ1n) is 9.29. The molecule has 4 rings (SSSR count). The van der Waals surface area contributed by atoms with Crippen LogP contribution in [0.4, 0.5) is 10.8 Å². The first kappa shape index (κ1) is 19.5. The lowest BCUT2D eigenvalue weighted by Gasteiger charge is -2.14. The van der Waals surface area contributed by atoms with E-state index in [-0.39, 0.29) is 5.91 Å². The highest BCUT2D eigenvalue weighted by Crippen LogP contribution is 2.37. The normalized spacial score (nSPS) is 17.1. The molecule has 2 heterocycles. The summed E-state index contributed by atoms with van der Waals surface area (Å²) in [7, 11) is 0. The van der Waals surface area contributed by atoms with Crippen LogP contribution in [0, 0.1) is 6.92 Å². The van der Waals surface area contributed by atoms with Crippen LogP contribution in [0.2, 0.25) is 0 Å². The van der Waals surface area contributed by atoms with E-state index in [2.05, 4.69) is 41.2 Å². The van der Waals surface area contributed by atoms with Crippen molar-refractivity contribution in [1.29, 1.82) is 0 Å². The Kier molecular flexibility index (Phi) is 5.60. The number of rotatable bonds is 4. The van der Waals surface area contributed by atoms with Crippen LogP contribution in [0.5, 0.6) is 0 Å². The monoisotopic (exact) mass is 420 g/mol. The summed E-state index contributed by atoms with van der Waals surface area (Å²) in [5.74, 6) is 0.385. The average Bonchev–Trinajstić information content (AvgIpc) is 3.26. The second kappa shape index (κ2) is 8.31. The molecular weight excluding hydrogens is 400 g/mol. The number of amidine groups is 1. The number of hydrogen-bond donors (Lipinski definition) is 0. The van der Waals surface area contributed by atoms with E-state index in [1.165, 1.54) is 28.7 Å². The molecule has 29 heavy (non-hydrogen) atoms. The van der Waals surface area contributed by atoms with Crippen LogP contribution in [-0.4, -0.2) is 21.3 Å². The van der Waals surface area contributed by atoms with Crippen LogP contribution in [-0.2, 0) is 4.79 Å². The third kappa shape index (κ3) is 4.31. The Morgan fingerprint density at radius 2 is 1.76 bits per heavy atom. The molecule has 1 aliphatic heterocycles. The molecular formula is C22H20N4OS2. The number of anilines is 1. The molecule has 0 N–H and O–H groups in total. The Morgan fingerprint density at radius 3 is 2.38 bits per heavy atom. The van der Waals surface area contributed by atoms with E-state index in [0.29, 0.717) is 21.1 Å². The number of aryl methyl sites for hydroxylation is 1. The summed E-state index contributed by atoms with van der Waals surface area (Å²) in [6.45, 7) is 6.22. The van der Waals surface area contributed by atoms with Crippen molar-refractivity contribution in [2.75, 3.05) is 4.90 Å². The maximum Gasteiger partial charge on any atom is 0.271 e. The highest BCUT2D eigenvalue weighted by Gasteiger charge is 2.35. The van der Waals surface area contributed by atoms with Crippen LogP contribution >= 0.6 is 23.1 Å². The first-order chi connectivity index (χ1) is 14.0. The zero-order chi connectivity index (χ0) is 20.4. The summed E-state index contributed by atoms with van der Waals surface area (Å²) < 4.78 is 0. The van der Waals surface area contributed by atoms with Crippen molar-refractivity contribution in [1.82, 2.24) is 10.2 Å². The molecule has 0 unspecified atom stereocenters. The van der Waals surface area contributed by atoms with Gasteiger partial charge in [-0.1, -0.05) is 67.6 Å². The highest BCUT2D eigenvalue weighted by molar-refractivity contribution is 8.19. The Balaban J connectivity index is 1.71. The van der Waals surface area contributed by atoms with Crippen LogP contribution in [0.25, 0.3) is 6.08 Å². The number of nitrogens with zero attached hydrogens (tertiary/aromatic N) is 4. The molecule has 146 valence electrons. The molecule has 1 aromatic heterocycles. The van der Waals surface area contributed by atoms with E-state index in [0.717, 1.165) is 16.3 Å². The summed E-state index contributed by atoms with van der Waals surface area (Å²) in [5, 5.41) is 10.1. The van der Waals surface area contributed by atoms with Crippen LogP contribution in [0.15, 0.2) is 64.5 Å². The number of carbonyl (C=O) groups excluding carboxylic acids is 1. The maximum absolute atomic E-state index is 13.2. The lowest BCUT2D eigenvalue weighted by Crippen LogP contribution is -2.28. The Labute approximate surface area is 178 Å². The van der Waals surface area contributed by atoms with Gasteiger partial charge in [0.25, 0.3) is 5.91 Å². The second-order valence-electron chi connectivity index (χ2n) is 6.91. The van der Waals surface area contributed by atoms with Gasteiger partial charge < -0.3 is 0 Å². The van der Waals surface area contributed by atoms with Gasteiger partial charge in [0.1, 0.15) is 5.01 Å². The summed E-state index contributed by atoms with van der Waals surface area (Å²) in [5.41, 5.74) is 3.05. The smallest absolute Gasteiger partial charge is 0.268 e. The maximum atomic E-state index is 13.2. The minimum atomic E-state index is -0.0888. The molecule has 1 amide bonds. The molecule has 0 spiro atoms. The molecule has 0 aliphatic carbocycles. The van der Waals surface area contributed by atoms with Crippen molar-refractivity contribution < 1.29 is 4.79 Å². The van der Waals surface area contributed by atoms with Crippen LogP contribution in [0.1, 0.15) is 35.9 Å². The minimum absolute atomic E-state index is 0.0888. The zero-order valence-corrected chi connectivity index (χ0v) is 18.0. The predicted molar refractivity (Wildman–Crippen MR) is 122 cm³/mol. The van der Waals surface area contributed by atoms with E-state index in [4.69, 9.17) is 0 Å². The van der Waals surface area contributed by atoms with Gasteiger partial charge in [-0.3, -0.25) is 9.69 Å². The number of aliphatic imine (C=N–C) groups is 1. The second-order valence-corrected chi connectivity index (χ2v) is 9.08. The molecule has 0 radical (unpaired) electrons. The summed E-state index contributed by atoms with van der Waals surface area (Å²) in [4.78, 5) is 20.1. The molecule has 7 heteroatoms. The average molecular weight is 421 g/mol. The quantitative estimate of drug-likeness (QED) is 0.502. The van der Waals surface area contributed by atoms with Gasteiger partial charge in [0.2, 0.25) is 5.13 Å². The van der Waals surface area contributed by atoms with Gasteiger partial charge in [-0.2, -0.15) is 4.99 Å². The molecule has 1 saturated heterocycles. The fraction of sp³-hybridized carbons (Fsp3) is 0.182. The fourth-order valence-electron chi connectivity index (χ4n) is 2.90. The molecule has 1 aliphatic rings. The summed E-state index contributed by atoms with van der Waals surface area (Å²) >= 11 is 2.76. The molecule has 0 saturated carbocycles.